The van der Waals surface area contributed by atoms with Crippen molar-refractivity contribution < 1.29 is 17.9 Å². The third-order valence-electron chi connectivity index (χ3n) is 3.82. The highest BCUT2D eigenvalue weighted by Gasteiger charge is 2.21. The number of hydrogen-bond acceptors (Lipinski definition) is 6. The molecule has 2 N–H and O–H groups in total. The summed E-state index contributed by atoms with van der Waals surface area (Å²) in [5.74, 6) is -0.712. The second-order valence-electron chi connectivity index (χ2n) is 5.82. The number of rotatable bonds is 10. The number of nitrogens with zero attached hydrogens (tertiary/aromatic N) is 1. The average Bonchev–Trinajstić information content (AvgIpc) is 3.16. The monoisotopic (exact) mass is 360 g/mol. The smallest absolute Gasteiger partial charge is 0.218 e. The zero-order chi connectivity index (χ0) is 16.7. The van der Waals surface area contributed by atoms with Crippen LogP contribution >= 0.6 is 11.3 Å². The van der Waals surface area contributed by atoms with E-state index in [1.165, 1.54) is 4.88 Å². The van der Waals surface area contributed by atoms with Gasteiger partial charge in [-0.25, -0.2) is 8.42 Å². The second kappa shape index (κ2) is 8.77. The summed E-state index contributed by atoms with van der Waals surface area (Å²) in [5.41, 5.74) is 5.03. The van der Waals surface area contributed by atoms with E-state index in [0.717, 1.165) is 32.5 Å². The maximum Gasteiger partial charge on any atom is 0.218 e. The van der Waals surface area contributed by atoms with Crippen LogP contribution in [0.5, 0.6) is 0 Å². The third kappa shape index (κ3) is 6.99. The minimum absolute atomic E-state index is 0.0401. The lowest BCUT2D eigenvalue weighted by Gasteiger charge is -2.24. The van der Waals surface area contributed by atoms with Crippen molar-refractivity contribution >= 4 is 27.1 Å². The van der Waals surface area contributed by atoms with Crippen molar-refractivity contribution in [1.82, 2.24) is 4.90 Å². The first kappa shape index (κ1) is 18.4. The van der Waals surface area contributed by atoms with Gasteiger partial charge in [-0.1, -0.05) is 6.07 Å². The maximum absolute atomic E-state index is 12.0. The summed E-state index contributed by atoms with van der Waals surface area (Å²) in [6, 6.07) is 4.04. The van der Waals surface area contributed by atoms with E-state index < -0.39 is 15.7 Å². The highest BCUT2D eigenvalue weighted by atomic mass is 32.2. The number of thiophene rings is 1. The highest BCUT2D eigenvalue weighted by molar-refractivity contribution is 7.91. The van der Waals surface area contributed by atoms with Crippen LogP contribution in [0.4, 0.5) is 0 Å². The molecule has 1 aromatic rings. The summed E-state index contributed by atoms with van der Waals surface area (Å²) < 4.78 is 29.7. The van der Waals surface area contributed by atoms with Crippen molar-refractivity contribution in [3.05, 3.63) is 22.4 Å². The van der Waals surface area contributed by atoms with Crippen molar-refractivity contribution in [3.8, 4) is 0 Å². The van der Waals surface area contributed by atoms with Gasteiger partial charge in [-0.3, -0.25) is 9.69 Å². The SMILES string of the molecule is NC(=O)CCS(=O)(=O)CCN(Cc1cccs1)CC1CCCO1. The van der Waals surface area contributed by atoms with Gasteiger partial charge >= 0.3 is 0 Å². The average molecular weight is 361 g/mol. The number of primary amides is 1. The molecule has 0 aliphatic carbocycles. The Labute approximate surface area is 141 Å². The van der Waals surface area contributed by atoms with Gasteiger partial charge in [-0.2, -0.15) is 0 Å². The molecule has 8 heteroatoms. The van der Waals surface area contributed by atoms with Crippen LogP contribution in [0.1, 0.15) is 24.1 Å². The number of ether oxygens (including phenoxy) is 1. The van der Waals surface area contributed by atoms with Crippen LogP contribution in [0.15, 0.2) is 17.5 Å². The van der Waals surface area contributed by atoms with Gasteiger partial charge < -0.3 is 10.5 Å². The van der Waals surface area contributed by atoms with Crippen molar-refractivity contribution in [1.29, 1.82) is 0 Å². The Morgan fingerprint density at radius 2 is 2.26 bits per heavy atom. The topological polar surface area (TPSA) is 89.7 Å². The molecule has 2 heterocycles. The zero-order valence-electron chi connectivity index (χ0n) is 13.1. The fourth-order valence-electron chi connectivity index (χ4n) is 2.56. The Morgan fingerprint density at radius 1 is 1.43 bits per heavy atom. The lowest BCUT2D eigenvalue weighted by molar-refractivity contribution is -0.117. The molecule has 0 aromatic carbocycles. The molecular formula is C15H24N2O4S2. The minimum Gasteiger partial charge on any atom is -0.377 e. The molecule has 1 aliphatic heterocycles. The number of amides is 1. The van der Waals surface area contributed by atoms with E-state index in [0.29, 0.717) is 6.54 Å². The van der Waals surface area contributed by atoms with Gasteiger partial charge in [0, 0.05) is 37.5 Å². The van der Waals surface area contributed by atoms with Crippen LogP contribution in [0.25, 0.3) is 0 Å². The van der Waals surface area contributed by atoms with Crippen LogP contribution in [0, 0.1) is 0 Å². The van der Waals surface area contributed by atoms with Gasteiger partial charge in [0.05, 0.1) is 17.6 Å². The molecule has 1 unspecified atom stereocenters. The maximum atomic E-state index is 12.0. The van der Waals surface area contributed by atoms with E-state index >= 15 is 0 Å². The first-order valence-electron chi connectivity index (χ1n) is 7.80. The molecule has 0 bridgehead atoms. The van der Waals surface area contributed by atoms with Crippen molar-refractivity contribution in [2.75, 3.05) is 31.2 Å². The number of carbonyl (C=O) groups excluding carboxylic acids is 1. The van der Waals surface area contributed by atoms with E-state index in [4.69, 9.17) is 10.5 Å². The molecule has 130 valence electrons. The van der Waals surface area contributed by atoms with E-state index in [1.54, 1.807) is 11.3 Å². The summed E-state index contributed by atoms with van der Waals surface area (Å²) in [7, 11) is -3.26. The lowest BCUT2D eigenvalue weighted by atomic mass is 10.2. The standard InChI is InChI=1S/C15H24N2O4S2/c16-15(18)5-9-23(19,20)10-6-17(11-13-3-1-7-21-13)12-14-4-2-8-22-14/h2,4,8,13H,1,3,5-7,9-12H2,(H2,16,18). The highest BCUT2D eigenvalue weighted by Crippen LogP contribution is 2.17. The molecule has 6 nitrogen and oxygen atoms in total. The molecule has 1 aromatic heterocycles. The normalized spacial score (nSPS) is 18.6. The molecule has 1 saturated heterocycles. The number of sulfone groups is 1. The molecule has 1 aliphatic rings. The van der Waals surface area contributed by atoms with E-state index in [2.05, 4.69) is 11.0 Å². The molecule has 0 radical (unpaired) electrons. The molecular weight excluding hydrogens is 336 g/mol. The molecule has 2 rings (SSSR count). The summed E-state index contributed by atoms with van der Waals surface area (Å²) in [6.07, 6.45) is 2.16. The fourth-order valence-corrected chi connectivity index (χ4v) is 4.56. The third-order valence-corrected chi connectivity index (χ3v) is 6.32. The van der Waals surface area contributed by atoms with Gasteiger partial charge in [0.1, 0.15) is 0 Å². The van der Waals surface area contributed by atoms with E-state index in [9.17, 15) is 13.2 Å². The number of nitrogens with two attached hydrogens (primary N) is 1. The Bertz CT molecular complexity index is 581. The van der Waals surface area contributed by atoms with Gasteiger partial charge in [0.25, 0.3) is 0 Å². The summed E-state index contributed by atoms with van der Waals surface area (Å²) in [5, 5.41) is 2.02. The first-order chi connectivity index (χ1) is 10.9. The van der Waals surface area contributed by atoms with Crippen LogP contribution in [0.2, 0.25) is 0 Å². The predicted molar refractivity (Wildman–Crippen MR) is 91.0 cm³/mol. The molecule has 1 atom stereocenters. The van der Waals surface area contributed by atoms with Crippen LogP contribution < -0.4 is 5.73 Å². The molecule has 1 fully saturated rings. The van der Waals surface area contributed by atoms with Crippen LogP contribution in [0.3, 0.4) is 0 Å². The summed E-state index contributed by atoms with van der Waals surface area (Å²) in [6.45, 7) is 2.69. The molecule has 23 heavy (non-hydrogen) atoms. The largest absolute Gasteiger partial charge is 0.377 e. The van der Waals surface area contributed by atoms with Gasteiger partial charge in [-0.15, -0.1) is 11.3 Å². The van der Waals surface area contributed by atoms with Crippen molar-refractivity contribution in [2.45, 2.75) is 31.9 Å². The first-order valence-corrected chi connectivity index (χ1v) is 10.5. The zero-order valence-corrected chi connectivity index (χ0v) is 14.8. The van der Waals surface area contributed by atoms with Crippen LogP contribution in [-0.4, -0.2) is 56.5 Å². The Kier molecular flexibility index (Phi) is 7.01. The Hall–Kier alpha value is -0.960. The fraction of sp³-hybridized carbons (Fsp3) is 0.667. The number of hydrogen-bond donors (Lipinski definition) is 1. The Morgan fingerprint density at radius 3 is 2.87 bits per heavy atom. The van der Waals surface area contributed by atoms with E-state index in [1.807, 2.05) is 11.4 Å². The summed E-state index contributed by atoms with van der Waals surface area (Å²) in [4.78, 5) is 14.1. The molecule has 0 saturated carbocycles. The predicted octanol–water partition coefficient (Wildman–Crippen LogP) is 1.02. The van der Waals surface area contributed by atoms with Crippen LogP contribution in [-0.2, 0) is 25.9 Å². The quantitative estimate of drug-likeness (QED) is 0.673. The van der Waals surface area contributed by atoms with Crippen molar-refractivity contribution in [2.24, 2.45) is 5.73 Å². The second-order valence-corrected chi connectivity index (χ2v) is 9.15. The lowest BCUT2D eigenvalue weighted by Crippen LogP contribution is -2.35. The van der Waals surface area contributed by atoms with Gasteiger partial charge in [-0.05, 0) is 24.3 Å². The number of carbonyl (C=O) groups is 1. The summed E-state index contributed by atoms with van der Waals surface area (Å²) >= 11 is 1.66. The minimum atomic E-state index is -3.26. The molecule has 0 spiro atoms. The van der Waals surface area contributed by atoms with E-state index in [-0.39, 0.29) is 24.0 Å². The molecule has 1 amide bonds. The Balaban J connectivity index is 1.89. The van der Waals surface area contributed by atoms with Gasteiger partial charge in [0.15, 0.2) is 9.84 Å². The van der Waals surface area contributed by atoms with Gasteiger partial charge in [0.2, 0.25) is 5.91 Å². The van der Waals surface area contributed by atoms with Crippen molar-refractivity contribution in [3.63, 3.8) is 0 Å².